The van der Waals surface area contributed by atoms with E-state index in [1.807, 2.05) is 0 Å². The summed E-state index contributed by atoms with van der Waals surface area (Å²) in [6, 6.07) is 0.589. The second-order valence-electron chi connectivity index (χ2n) is 13.5. The zero-order valence-corrected chi connectivity index (χ0v) is 24.9. The lowest BCUT2D eigenvalue weighted by molar-refractivity contribution is 0.0218. The summed E-state index contributed by atoms with van der Waals surface area (Å²) in [6.45, 7) is 25.5. The topological polar surface area (TPSA) is 145 Å². The number of likely N-dealkylation sites (tertiary alicyclic amines) is 2. The highest BCUT2D eigenvalue weighted by Gasteiger charge is 2.40. The highest BCUT2D eigenvalue weighted by Crippen LogP contribution is 2.43. The van der Waals surface area contributed by atoms with Crippen LogP contribution in [0.4, 0.5) is 0 Å². The largest absolute Gasteiger partial charge is 0.412 e. The maximum absolute atomic E-state index is 6.31. The number of nitrogens with zero attached hydrogens (tertiary/aromatic N) is 2. The molecule has 9 N–H and O–H groups in total. The Labute approximate surface area is 234 Å². The molecule has 226 valence electrons. The van der Waals surface area contributed by atoms with Gasteiger partial charge in [0.2, 0.25) is 0 Å². The van der Waals surface area contributed by atoms with Crippen molar-refractivity contribution in [2.75, 3.05) is 45.8 Å². The molecule has 0 aromatic heterocycles. The molecular weight excluding hydrogens is 490 g/mol. The fourth-order valence-electron chi connectivity index (χ4n) is 6.58. The first-order valence-electron chi connectivity index (χ1n) is 13.4. The van der Waals surface area contributed by atoms with Gasteiger partial charge in [-0.2, -0.15) is 0 Å². The summed E-state index contributed by atoms with van der Waals surface area (Å²) in [6.07, 6.45) is 9.78. The molecule has 1 aliphatic carbocycles. The number of piperidine rings is 1. The molecule has 2 heterocycles. The summed E-state index contributed by atoms with van der Waals surface area (Å²) >= 11 is 6.31. The van der Waals surface area contributed by atoms with E-state index in [-0.39, 0.29) is 34.7 Å². The van der Waals surface area contributed by atoms with E-state index in [9.17, 15) is 0 Å². The average molecular weight is 554 g/mol. The Hall–Kier alpha value is -0.250. The van der Waals surface area contributed by atoms with Gasteiger partial charge in [0.05, 0.1) is 5.38 Å². The second kappa shape index (κ2) is 17.4. The molecule has 7 nitrogen and oxygen atoms in total. The van der Waals surface area contributed by atoms with Crippen LogP contribution in [0.1, 0.15) is 81.6 Å². The van der Waals surface area contributed by atoms with Crippen molar-refractivity contribution in [3.63, 3.8) is 0 Å². The Bertz CT molecular complexity index is 627. The molecule has 2 fully saturated rings. The van der Waals surface area contributed by atoms with Crippen molar-refractivity contribution in [3.8, 4) is 0 Å². The Kier molecular flexibility index (Phi) is 19.4. The van der Waals surface area contributed by atoms with Crippen LogP contribution in [0.5, 0.6) is 0 Å². The monoisotopic (exact) mass is 553 g/mol. The van der Waals surface area contributed by atoms with Crippen LogP contribution in [0.25, 0.3) is 0 Å². The smallest absolute Gasteiger partial charge is 0.0516 e. The molecule has 2 aliphatic heterocycles. The Morgan fingerprint density at radius 3 is 2.08 bits per heavy atom. The Balaban J connectivity index is -0.00000231. The minimum absolute atomic E-state index is 0. The quantitative estimate of drug-likeness (QED) is 0.363. The van der Waals surface area contributed by atoms with Gasteiger partial charge in [0.25, 0.3) is 0 Å². The maximum atomic E-state index is 6.31. The van der Waals surface area contributed by atoms with Gasteiger partial charge in [-0.3, -0.25) is 0 Å². The van der Waals surface area contributed by atoms with Crippen molar-refractivity contribution in [2.24, 2.45) is 34.5 Å². The van der Waals surface area contributed by atoms with E-state index in [0.29, 0.717) is 22.8 Å². The molecule has 3 rings (SSSR count). The van der Waals surface area contributed by atoms with E-state index in [1.165, 1.54) is 65.1 Å². The number of alkyl halides is 1. The predicted octanol–water partition coefficient (Wildman–Crippen LogP) is 3.23. The first kappa shape index (κ1) is 41.2. The minimum Gasteiger partial charge on any atom is -0.412 e. The van der Waals surface area contributed by atoms with Crippen LogP contribution < -0.4 is 5.32 Å². The lowest BCUT2D eigenvalue weighted by Gasteiger charge is -2.48. The normalized spacial score (nSPS) is 28.7. The van der Waals surface area contributed by atoms with Crippen molar-refractivity contribution in [3.05, 3.63) is 12.2 Å². The summed E-state index contributed by atoms with van der Waals surface area (Å²) in [7, 11) is 0. The van der Waals surface area contributed by atoms with E-state index >= 15 is 0 Å². The summed E-state index contributed by atoms with van der Waals surface area (Å²) in [4.78, 5) is 5.43. The van der Waals surface area contributed by atoms with E-state index in [2.05, 4.69) is 75.7 Å². The summed E-state index contributed by atoms with van der Waals surface area (Å²) in [5.74, 6) is 2.99. The number of halogens is 1. The van der Waals surface area contributed by atoms with Gasteiger partial charge in [0, 0.05) is 32.2 Å². The van der Waals surface area contributed by atoms with E-state index in [1.54, 1.807) is 0 Å². The van der Waals surface area contributed by atoms with Crippen LogP contribution in [-0.2, 0) is 0 Å². The van der Waals surface area contributed by atoms with Crippen LogP contribution in [-0.4, -0.2) is 88.9 Å². The van der Waals surface area contributed by atoms with Gasteiger partial charge < -0.3 is 37.0 Å². The Morgan fingerprint density at radius 2 is 1.57 bits per heavy atom. The average Bonchev–Trinajstić information content (AvgIpc) is 3.10. The summed E-state index contributed by atoms with van der Waals surface area (Å²) in [5, 5.41) is 4.26. The molecule has 0 aromatic carbocycles. The van der Waals surface area contributed by atoms with Crippen LogP contribution >= 0.6 is 11.6 Å². The Morgan fingerprint density at radius 1 is 0.946 bits per heavy atom. The summed E-state index contributed by atoms with van der Waals surface area (Å²) in [5.41, 5.74) is 0.771. The van der Waals surface area contributed by atoms with Gasteiger partial charge in [-0.25, -0.2) is 0 Å². The zero-order chi connectivity index (χ0) is 23.5. The van der Waals surface area contributed by atoms with Crippen molar-refractivity contribution < 1.29 is 21.9 Å². The van der Waals surface area contributed by atoms with Crippen molar-refractivity contribution in [2.45, 2.75) is 93.0 Å². The third-order valence-corrected chi connectivity index (χ3v) is 8.61. The first-order valence-corrected chi connectivity index (χ1v) is 13.9. The molecule has 8 heteroatoms. The van der Waals surface area contributed by atoms with Crippen LogP contribution in [0, 0.1) is 34.5 Å². The number of nitrogens with one attached hydrogen (secondary N) is 1. The molecule has 0 amide bonds. The molecule has 0 aromatic rings. The maximum Gasteiger partial charge on any atom is 0.0516 e. The molecule has 2 saturated heterocycles. The van der Waals surface area contributed by atoms with Crippen molar-refractivity contribution >= 4 is 11.6 Å². The van der Waals surface area contributed by atoms with Crippen LogP contribution in [0.3, 0.4) is 0 Å². The summed E-state index contributed by atoms with van der Waals surface area (Å²) < 4.78 is 0. The highest BCUT2D eigenvalue weighted by atomic mass is 35.5. The molecule has 37 heavy (non-hydrogen) atoms. The fourth-order valence-corrected chi connectivity index (χ4v) is 6.79. The lowest BCUT2D eigenvalue weighted by atomic mass is 9.65. The number of rotatable bonds is 8. The molecule has 2 unspecified atom stereocenters. The van der Waals surface area contributed by atoms with E-state index in [4.69, 9.17) is 11.6 Å². The van der Waals surface area contributed by atoms with Gasteiger partial charge >= 0.3 is 0 Å². The zero-order valence-electron chi connectivity index (χ0n) is 24.2. The molecule has 0 saturated carbocycles. The molecule has 0 spiro atoms. The third-order valence-electron chi connectivity index (χ3n) is 8.25. The number of hydrogen-bond donors (Lipinski definition) is 1. The minimum atomic E-state index is 0. The van der Waals surface area contributed by atoms with Crippen molar-refractivity contribution in [1.82, 2.24) is 15.1 Å². The first-order chi connectivity index (χ1) is 14.9. The third kappa shape index (κ3) is 12.6. The second-order valence-corrected chi connectivity index (χ2v) is 14.0. The van der Waals surface area contributed by atoms with Gasteiger partial charge in [-0.15, -0.1) is 11.6 Å². The predicted molar refractivity (Wildman–Crippen MR) is 162 cm³/mol. The van der Waals surface area contributed by atoms with E-state index in [0.717, 1.165) is 24.2 Å². The molecule has 3 aliphatic rings. The fraction of sp³-hybridized carbons (Fsp3) is 0.931. The van der Waals surface area contributed by atoms with Gasteiger partial charge in [-0.1, -0.05) is 68.0 Å². The van der Waals surface area contributed by atoms with Gasteiger partial charge in [-0.05, 0) is 79.8 Å². The van der Waals surface area contributed by atoms with Gasteiger partial charge in [0.1, 0.15) is 0 Å². The molecule has 5 atom stereocenters. The number of hydrogen-bond acceptors (Lipinski definition) is 3. The van der Waals surface area contributed by atoms with Crippen molar-refractivity contribution in [1.29, 1.82) is 0 Å². The van der Waals surface area contributed by atoms with Crippen LogP contribution in [0.15, 0.2) is 12.2 Å². The number of allylic oxidation sites excluding steroid dienone is 2. The lowest BCUT2D eigenvalue weighted by Crippen LogP contribution is -2.53. The van der Waals surface area contributed by atoms with E-state index < -0.39 is 0 Å². The standard InChI is InChI=1S/C28H52ClN3.CH4.4H2O/c1-21(2)26(30-16-22-12-14-31(17-22)19-27(3,4)5)18-32-15-13-25(28(6,7)20-32)23-8-10-24(29)11-9-23;;;;;/h8,10,21-26,30H,9,11-20H2,1-7H3;1H4;4*1H2/t22-,23?,24?,25+,26-;;;;;/m0...../s1. The SMILES string of the molecule is C.CC(C)[C@H](CN1CC[C@H](C2C=CC(Cl)CC2)C(C)(C)C1)NC[C@@H]1CCN(CC(C)(C)C)C1.O.O.O.O. The van der Waals surface area contributed by atoms with Gasteiger partial charge in [0.15, 0.2) is 0 Å². The molecule has 0 bridgehead atoms. The highest BCUT2D eigenvalue weighted by molar-refractivity contribution is 6.21. The molecule has 0 radical (unpaired) electrons. The van der Waals surface area contributed by atoms with Crippen LogP contribution in [0.2, 0.25) is 0 Å². The molecular formula is C29H64ClN3O4.